The van der Waals surface area contributed by atoms with E-state index in [4.69, 9.17) is 16.3 Å². The van der Waals surface area contributed by atoms with E-state index in [1.54, 1.807) is 35.9 Å². The summed E-state index contributed by atoms with van der Waals surface area (Å²) in [5.41, 5.74) is 5.99. The number of ether oxygens (including phenoxy) is 1. The van der Waals surface area contributed by atoms with Gasteiger partial charge in [-0.25, -0.2) is 9.07 Å². The van der Waals surface area contributed by atoms with Crippen molar-refractivity contribution in [2.24, 2.45) is 0 Å². The number of aromatic nitrogens is 2. The molecule has 7 heteroatoms. The van der Waals surface area contributed by atoms with E-state index in [2.05, 4.69) is 54.3 Å². The molecule has 0 bridgehead atoms. The highest BCUT2D eigenvalue weighted by Crippen LogP contribution is 2.24. The first-order valence-corrected chi connectivity index (χ1v) is 14.1. The number of halogens is 2. The fourth-order valence-electron chi connectivity index (χ4n) is 4.04. The third-order valence-corrected chi connectivity index (χ3v) is 6.73. The van der Waals surface area contributed by atoms with Gasteiger partial charge in [-0.05, 0) is 81.6 Å². The molecular formula is C34H41ClFN3O2. The molecule has 0 spiro atoms. The van der Waals surface area contributed by atoms with E-state index in [0.29, 0.717) is 35.4 Å². The minimum absolute atomic E-state index is 0.254. The Hall–Kier alpha value is -3.58. The molecule has 0 saturated carbocycles. The number of benzene rings is 1. The van der Waals surface area contributed by atoms with Crippen LogP contribution in [0.3, 0.4) is 0 Å². The second kappa shape index (κ2) is 18.0. The fraction of sp³-hybridized carbons (Fsp3) is 0.294. The molecule has 1 aliphatic carbocycles. The average Bonchev–Trinajstić information content (AvgIpc) is 3.11. The quantitative estimate of drug-likeness (QED) is 0.157. The lowest BCUT2D eigenvalue weighted by Crippen LogP contribution is -2.23. The van der Waals surface area contributed by atoms with Gasteiger partial charge < -0.3 is 10.1 Å². The van der Waals surface area contributed by atoms with E-state index in [0.717, 1.165) is 35.2 Å². The van der Waals surface area contributed by atoms with Crippen molar-refractivity contribution in [3.8, 4) is 5.69 Å². The van der Waals surface area contributed by atoms with Crippen molar-refractivity contribution in [1.29, 1.82) is 0 Å². The summed E-state index contributed by atoms with van der Waals surface area (Å²) in [7, 11) is 1.99. The second-order valence-corrected chi connectivity index (χ2v) is 9.83. The first kappa shape index (κ1) is 33.6. The number of hydrogen-bond donors (Lipinski definition) is 1. The standard InChI is InChI=1S/C24H26ClFN2O2.C10H15N/c1-5-20(26)11-9-17(3)8-7-13-30-16-21-22(15-29)27-28(23(21)6-2)24-12-10-19(25)14-18(24)4;1-9(11-2)10-7-5-3-4-6-8-10/h5,7-12,14-15H,3,6,13,16H2,1-2,4H3;3-7,9,11H,8H2,1-2H3/b8-7-,11-9-,20-5+;/t;9-/m.0/s1. The minimum atomic E-state index is -0.317. The van der Waals surface area contributed by atoms with Crippen LogP contribution < -0.4 is 5.32 Å². The lowest BCUT2D eigenvalue weighted by molar-refractivity contribution is 0.111. The molecule has 0 unspecified atom stereocenters. The van der Waals surface area contributed by atoms with Gasteiger partial charge in [0.15, 0.2) is 6.29 Å². The smallest absolute Gasteiger partial charge is 0.170 e. The van der Waals surface area contributed by atoms with Crippen molar-refractivity contribution in [3.05, 3.63) is 130 Å². The zero-order valence-corrected chi connectivity index (χ0v) is 25.4. The van der Waals surface area contributed by atoms with Crippen LogP contribution in [0.4, 0.5) is 4.39 Å². The predicted octanol–water partition coefficient (Wildman–Crippen LogP) is 8.30. The van der Waals surface area contributed by atoms with Gasteiger partial charge in [-0.15, -0.1) is 0 Å². The summed E-state index contributed by atoms with van der Waals surface area (Å²) in [6.45, 7) is 12.2. The SMILES string of the molecule is C=C(/C=C\COCc1c(C=O)nn(-c2ccc(Cl)cc2C)c1CC)/C=C\C(F)=C/C.CN[C@@H](C)C1=CC=CC=CC1. The Morgan fingerprint density at radius 3 is 2.71 bits per heavy atom. The zero-order valence-electron chi connectivity index (χ0n) is 24.7. The molecule has 1 N–H and O–H groups in total. The Morgan fingerprint density at radius 1 is 1.27 bits per heavy atom. The summed E-state index contributed by atoms with van der Waals surface area (Å²) in [6.07, 6.45) is 21.0. The summed E-state index contributed by atoms with van der Waals surface area (Å²) in [5.74, 6) is -0.317. The van der Waals surface area contributed by atoms with E-state index >= 15 is 0 Å². The monoisotopic (exact) mass is 577 g/mol. The van der Waals surface area contributed by atoms with Gasteiger partial charge in [0, 0.05) is 16.6 Å². The number of carbonyl (C=O) groups is 1. The molecule has 1 heterocycles. The molecule has 3 rings (SSSR count). The lowest BCUT2D eigenvalue weighted by Gasteiger charge is -2.12. The molecule has 218 valence electrons. The van der Waals surface area contributed by atoms with Crippen molar-refractivity contribution in [1.82, 2.24) is 15.1 Å². The number of aryl methyl sites for hydroxylation is 1. The summed E-state index contributed by atoms with van der Waals surface area (Å²) < 4.78 is 20.6. The number of aldehydes is 1. The highest BCUT2D eigenvalue weighted by Gasteiger charge is 2.18. The minimum Gasteiger partial charge on any atom is -0.373 e. The largest absolute Gasteiger partial charge is 0.373 e. The van der Waals surface area contributed by atoms with Crippen LogP contribution in [0.25, 0.3) is 5.69 Å². The van der Waals surface area contributed by atoms with Gasteiger partial charge in [0.2, 0.25) is 0 Å². The second-order valence-electron chi connectivity index (χ2n) is 9.39. The highest BCUT2D eigenvalue weighted by molar-refractivity contribution is 6.30. The van der Waals surface area contributed by atoms with Crippen molar-refractivity contribution in [2.75, 3.05) is 13.7 Å². The maximum absolute atomic E-state index is 13.1. The van der Waals surface area contributed by atoms with Gasteiger partial charge in [-0.2, -0.15) is 5.10 Å². The van der Waals surface area contributed by atoms with Crippen LogP contribution in [-0.2, 0) is 17.8 Å². The van der Waals surface area contributed by atoms with Gasteiger partial charge in [-0.3, -0.25) is 4.79 Å². The lowest BCUT2D eigenvalue weighted by atomic mass is 10.1. The van der Waals surface area contributed by atoms with Crippen LogP contribution in [0.1, 0.15) is 54.5 Å². The number of allylic oxidation sites excluding steroid dienone is 11. The van der Waals surface area contributed by atoms with Gasteiger partial charge in [-0.1, -0.05) is 79.8 Å². The van der Waals surface area contributed by atoms with E-state index in [1.165, 1.54) is 17.7 Å². The Kier molecular flexibility index (Phi) is 14.7. The van der Waals surface area contributed by atoms with Crippen LogP contribution >= 0.6 is 11.6 Å². The molecule has 1 aromatic heterocycles. The number of nitrogens with zero attached hydrogens (tertiary/aromatic N) is 2. The molecule has 1 aromatic carbocycles. The molecule has 0 radical (unpaired) electrons. The number of nitrogens with one attached hydrogen (secondary N) is 1. The number of carbonyl (C=O) groups excluding carboxylic acids is 1. The van der Waals surface area contributed by atoms with E-state index in [-0.39, 0.29) is 12.4 Å². The molecule has 0 fully saturated rings. The Balaban J connectivity index is 0.000000446. The topological polar surface area (TPSA) is 56.1 Å². The normalized spacial score (nSPS) is 14.1. The number of hydrogen-bond acceptors (Lipinski definition) is 4. The maximum atomic E-state index is 13.1. The third kappa shape index (κ3) is 10.7. The Morgan fingerprint density at radius 2 is 2.05 bits per heavy atom. The Labute approximate surface area is 249 Å². The molecule has 5 nitrogen and oxygen atoms in total. The van der Waals surface area contributed by atoms with Gasteiger partial charge >= 0.3 is 0 Å². The van der Waals surface area contributed by atoms with Crippen molar-refractivity contribution >= 4 is 17.9 Å². The van der Waals surface area contributed by atoms with Gasteiger partial charge in [0.1, 0.15) is 11.5 Å². The molecule has 1 aliphatic rings. The van der Waals surface area contributed by atoms with Gasteiger partial charge in [0.25, 0.3) is 0 Å². The number of rotatable bonds is 12. The molecule has 41 heavy (non-hydrogen) atoms. The number of likely N-dealkylation sites (N-methyl/N-ethyl adjacent to an activating group) is 1. The van der Waals surface area contributed by atoms with Crippen LogP contribution in [0.15, 0.2) is 103 Å². The van der Waals surface area contributed by atoms with Gasteiger partial charge in [0.05, 0.1) is 24.6 Å². The zero-order chi connectivity index (χ0) is 30.2. The van der Waals surface area contributed by atoms with Crippen molar-refractivity contribution < 1.29 is 13.9 Å². The molecule has 1 atom stereocenters. The van der Waals surface area contributed by atoms with Crippen LogP contribution in [0.2, 0.25) is 5.02 Å². The summed E-state index contributed by atoms with van der Waals surface area (Å²) >= 11 is 6.06. The maximum Gasteiger partial charge on any atom is 0.170 e. The molecule has 2 aromatic rings. The fourth-order valence-corrected chi connectivity index (χ4v) is 4.27. The van der Waals surface area contributed by atoms with E-state index in [9.17, 15) is 9.18 Å². The first-order chi connectivity index (χ1) is 19.7. The van der Waals surface area contributed by atoms with Crippen LogP contribution in [0, 0.1) is 6.92 Å². The Bertz CT molecular complexity index is 1360. The molecule has 0 amide bonds. The van der Waals surface area contributed by atoms with Crippen molar-refractivity contribution in [3.63, 3.8) is 0 Å². The summed E-state index contributed by atoms with van der Waals surface area (Å²) in [5, 5.41) is 8.36. The predicted molar refractivity (Wildman–Crippen MR) is 170 cm³/mol. The van der Waals surface area contributed by atoms with E-state index in [1.807, 2.05) is 33.0 Å². The molecule has 0 saturated heterocycles. The summed E-state index contributed by atoms with van der Waals surface area (Å²) in [6, 6.07) is 6.04. The first-order valence-electron chi connectivity index (χ1n) is 13.7. The van der Waals surface area contributed by atoms with Crippen LogP contribution in [0.5, 0.6) is 0 Å². The van der Waals surface area contributed by atoms with E-state index < -0.39 is 0 Å². The van der Waals surface area contributed by atoms with Crippen LogP contribution in [-0.4, -0.2) is 35.8 Å². The molecular weight excluding hydrogens is 537 g/mol. The average molecular weight is 578 g/mol. The third-order valence-electron chi connectivity index (χ3n) is 6.49. The summed E-state index contributed by atoms with van der Waals surface area (Å²) in [4.78, 5) is 11.6. The van der Waals surface area contributed by atoms with Crippen molar-refractivity contribution in [2.45, 2.75) is 53.2 Å². The molecule has 0 aliphatic heterocycles. The highest BCUT2D eigenvalue weighted by atomic mass is 35.5.